The van der Waals surface area contributed by atoms with Crippen molar-refractivity contribution < 1.29 is 24.2 Å². The molecule has 0 amide bonds. The van der Waals surface area contributed by atoms with Crippen LogP contribution in [0.5, 0.6) is 0 Å². The zero-order valence-electron chi connectivity index (χ0n) is 7.41. The first kappa shape index (κ1) is 11.6. The Morgan fingerprint density at radius 3 is 2.31 bits per heavy atom. The van der Waals surface area contributed by atoms with Gasteiger partial charge in [-0.1, -0.05) is 6.58 Å². The molecule has 0 radical (unpaired) electrons. The van der Waals surface area contributed by atoms with Crippen molar-refractivity contribution in [2.45, 2.75) is 6.92 Å². The van der Waals surface area contributed by atoms with Crippen LogP contribution < -0.4 is 0 Å². The van der Waals surface area contributed by atoms with Gasteiger partial charge < -0.3 is 14.6 Å². The number of ether oxygens (including phenoxy) is 2. The van der Waals surface area contributed by atoms with Gasteiger partial charge in [-0.2, -0.15) is 0 Å². The standard InChI is InChI=1S/C8H12O5/c1-6(2)8(11)13-4-3-12-7(10)5-9/h9H,1,3-5H2,2H3. The summed E-state index contributed by atoms with van der Waals surface area (Å²) in [6.45, 7) is 4.12. The van der Waals surface area contributed by atoms with Gasteiger partial charge in [0.2, 0.25) is 0 Å². The summed E-state index contributed by atoms with van der Waals surface area (Å²) in [6.07, 6.45) is 0. The lowest BCUT2D eigenvalue weighted by atomic mass is 10.4. The van der Waals surface area contributed by atoms with E-state index in [1.165, 1.54) is 6.92 Å². The first-order valence-electron chi connectivity index (χ1n) is 3.67. The van der Waals surface area contributed by atoms with Crippen molar-refractivity contribution in [1.29, 1.82) is 0 Å². The lowest BCUT2D eigenvalue weighted by Gasteiger charge is -2.04. The summed E-state index contributed by atoms with van der Waals surface area (Å²) in [6, 6.07) is 0. The Morgan fingerprint density at radius 2 is 1.85 bits per heavy atom. The summed E-state index contributed by atoms with van der Waals surface area (Å²) >= 11 is 0. The van der Waals surface area contributed by atoms with Crippen molar-refractivity contribution in [3.63, 3.8) is 0 Å². The predicted molar refractivity (Wildman–Crippen MR) is 43.8 cm³/mol. The van der Waals surface area contributed by atoms with E-state index in [-0.39, 0.29) is 18.8 Å². The van der Waals surface area contributed by atoms with Gasteiger partial charge in [-0.15, -0.1) is 0 Å². The van der Waals surface area contributed by atoms with Gasteiger partial charge in [0.1, 0.15) is 19.8 Å². The molecule has 0 spiro atoms. The van der Waals surface area contributed by atoms with Crippen LogP contribution in [0.2, 0.25) is 0 Å². The molecule has 0 saturated heterocycles. The van der Waals surface area contributed by atoms with E-state index in [9.17, 15) is 9.59 Å². The number of hydrogen-bond donors (Lipinski definition) is 1. The Hall–Kier alpha value is -1.36. The minimum atomic E-state index is -0.744. The minimum Gasteiger partial charge on any atom is -0.460 e. The molecular weight excluding hydrogens is 176 g/mol. The number of aliphatic hydroxyl groups is 1. The third-order valence-corrected chi connectivity index (χ3v) is 1.06. The fraction of sp³-hybridized carbons (Fsp3) is 0.500. The highest BCUT2D eigenvalue weighted by Gasteiger charge is 2.03. The van der Waals surface area contributed by atoms with Gasteiger partial charge in [0.25, 0.3) is 0 Å². The van der Waals surface area contributed by atoms with Gasteiger partial charge in [0.15, 0.2) is 0 Å². The molecule has 74 valence electrons. The van der Waals surface area contributed by atoms with Crippen molar-refractivity contribution in [3.8, 4) is 0 Å². The molecule has 0 heterocycles. The second-order valence-electron chi connectivity index (χ2n) is 2.29. The lowest BCUT2D eigenvalue weighted by Crippen LogP contribution is -2.15. The number of hydrogen-bond acceptors (Lipinski definition) is 5. The van der Waals surface area contributed by atoms with E-state index in [1.54, 1.807) is 0 Å². The highest BCUT2D eigenvalue weighted by molar-refractivity contribution is 5.86. The second kappa shape index (κ2) is 6.19. The number of aliphatic hydroxyl groups excluding tert-OH is 1. The quantitative estimate of drug-likeness (QED) is 0.362. The van der Waals surface area contributed by atoms with Gasteiger partial charge in [-0.25, -0.2) is 9.59 Å². The van der Waals surface area contributed by atoms with E-state index in [0.29, 0.717) is 0 Å². The fourth-order valence-corrected chi connectivity index (χ4v) is 0.459. The minimum absolute atomic E-state index is 0.0303. The fourth-order valence-electron chi connectivity index (χ4n) is 0.459. The van der Waals surface area contributed by atoms with E-state index in [2.05, 4.69) is 16.1 Å². The van der Waals surface area contributed by atoms with Gasteiger partial charge in [-0.05, 0) is 6.92 Å². The Balaban J connectivity index is 3.41. The van der Waals surface area contributed by atoms with Crippen LogP contribution in [-0.4, -0.2) is 36.9 Å². The molecule has 0 aromatic heterocycles. The molecule has 0 aliphatic carbocycles. The molecule has 0 atom stereocenters. The second-order valence-corrected chi connectivity index (χ2v) is 2.29. The smallest absolute Gasteiger partial charge is 0.333 e. The number of carbonyl (C=O) groups is 2. The van der Waals surface area contributed by atoms with Crippen LogP contribution in [-0.2, 0) is 19.1 Å². The average molecular weight is 188 g/mol. The predicted octanol–water partition coefficient (Wildman–Crippen LogP) is -0.359. The normalized spacial score (nSPS) is 9.08. The number of rotatable bonds is 5. The topological polar surface area (TPSA) is 72.8 Å². The van der Waals surface area contributed by atoms with Crippen LogP contribution >= 0.6 is 0 Å². The van der Waals surface area contributed by atoms with Gasteiger partial charge in [0, 0.05) is 5.57 Å². The maximum atomic E-state index is 10.7. The SMILES string of the molecule is C=C(C)C(=O)OCCOC(=O)CO. The molecule has 0 aromatic rings. The molecule has 0 unspecified atom stereocenters. The third-order valence-electron chi connectivity index (χ3n) is 1.06. The first-order valence-corrected chi connectivity index (χ1v) is 3.67. The first-order chi connectivity index (χ1) is 6.07. The van der Waals surface area contributed by atoms with Crippen molar-refractivity contribution in [3.05, 3.63) is 12.2 Å². The molecule has 0 aromatic carbocycles. The molecular formula is C8H12O5. The van der Waals surface area contributed by atoms with Gasteiger partial charge in [0.05, 0.1) is 0 Å². The van der Waals surface area contributed by atoms with E-state index in [0.717, 1.165) is 0 Å². The van der Waals surface area contributed by atoms with Crippen LogP contribution in [0.25, 0.3) is 0 Å². The lowest BCUT2D eigenvalue weighted by molar-refractivity contribution is -0.152. The highest BCUT2D eigenvalue weighted by atomic mass is 16.6. The number of carbonyl (C=O) groups excluding carboxylic acids is 2. The molecule has 0 aliphatic heterocycles. The molecule has 0 saturated carbocycles. The van der Waals surface area contributed by atoms with Crippen molar-refractivity contribution in [2.24, 2.45) is 0 Å². The Morgan fingerprint density at radius 1 is 1.31 bits per heavy atom. The van der Waals surface area contributed by atoms with Gasteiger partial charge in [-0.3, -0.25) is 0 Å². The zero-order chi connectivity index (χ0) is 10.3. The molecule has 5 heteroatoms. The van der Waals surface area contributed by atoms with Crippen LogP contribution in [0.3, 0.4) is 0 Å². The molecule has 0 aliphatic rings. The van der Waals surface area contributed by atoms with Crippen molar-refractivity contribution >= 4 is 11.9 Å². The average Bonchev–Trinajstić information content (AvgIpc) is 2.11. The summed E-state index contributed by atoms with van der Waals surface area (Å²) in [5, 5.41) is 8.24. The maximum absolute atomic E-state index is 10.7. The summed E-state index contributed by atoms with van der Waals surface area (Å²) in [4.78, 5) is 21.1. The molecule has 1 N–H and O–H groups in total. The van der Waals surface area contributed by atoms with Crippen molar-refractivity contribution in [1.82, 2.24) is 0 Å². The summed E-state index contributed by atoms with van der Waals surface area (Å²) in [7, 11) is 0. The maximum Gasteiger partial charge on any atom is 0.333 e. The monoisotopic (exact) mass is 188 g/mol. The highest BCUT2D eigenvalue weighted by Crippen LogP contribution is 1.91. The van der Waals surface area contributed by atoms with E-state index >= 15 is 0 Å². The van der Waals surface area contributed by atoms with Crippen molar-refractivity contribution in [2.75, 3.05) is 19.8 Å². The Bertz CT molecular complexity index is 209. The molecule has 0 bridgehead atoms. The molecule has 0 rings (SSSR count). The van der Waals surface area contributed by atoms with Crippen LogP contribution in [0.1, 0.15) is 6.92 Å². The summed E-state index contributed by atoms with van der Waals surface area (Å²) < 4.78 is 9.03. The third kappa shape index (κ3) is 5.86. The van der Waals surface area contributed by atoms with E-state index < -0.39 is 18.5 Å². The van der Waals surface area contributed by atoms with Gasteiger partial charge >= 0.3 is 11.9 Å². The zero-order valence-corrected chi connectivity index (χ0v) is 7.41. The Labute approximate surface area is 75.9 Å². The molecule has 13 heavy (non-hydrogen) atoms. The summed E-state index contributed by atoms with van der Waals surface area (Å²) in [5.41, 5.74) is 0.286. The van der Waals surface area contributed by atoms with Crippen LogP contribution in [0.15, 0.2) is 12.2 Å². The van der Waals surface area contributed by atoms with Crippen LogP contribution in [0, 0.1) is 0 Å². The van der Waals surface area contributed by atoms with E-state index in [4.69, 9.17) is 5.11 Å². The molecule has 5 nitrogen and oxygen atoms in total. The van der Waals surface area contributed by atoms with E-state index in [1.807, 2.05) is 0 Å². The molecule has 0 fully saturated rings. The summed E-state index contributed by atoms with van der Waals surface area (Å²) in [5.74, 6) is -1.27. The Kier molecular flexibility index (Phi) is 5.54. The largest absolute Gasteiger partial charge is 0.460 e. The number of esters is 2. The van der Waals surface area contributed by atoms with Crippen LogP contribution in [0.4, 0.5) is 0 Å².